The maximum absolute atomic E-state index is 11.3. The molecule has 1 aliphatic rings. The number of aromatic nitrogens is 1. The quantitative estimate of drug-likeness (QED) is 0.323. The molecular weight excluding hydrogens is 394 g/mol. The summed E-state index contributed by atoms with van der Waals surface area (Å²) in [5, 5.41) is 4.45. The molecule has 3 rings (SSSR count). The van der Waals surface area contributed by atoms with E-state index >= 15 is 0 Å². The highest BCUT2D eigenvalue weighted by atomic mass is 16.5. The average molecular weight is 430 g/mol. The molecule has 0 spiro atoms. The van der Waals surface area contributed by atoms with Crippen molar-refractivity contribution in [2.75, 3.05) is 40.4 Å². The fourth-order valence-corrected chi connectivity index (χ4v) is 4.25. The first-order chi connectivity index (χ1) is 15.0. The molecule has 1 aromatic heterocycles. The van der Waals surface area contributed by atoms with Crippen LogP contribution < -0.4 is 20.5 Å². The summed E-state index contributed by atoms with van der Waals surface area (Å²) in [5.74, 6) is 2.60. The first kappa shape index (κ1) is 22.8. The fraction of sp³-hybridized carbons (Fsp3) is 0.565. The van der Waals surface area contributed by atoms with Gasteiger partial charge in [-0.15, -0.1) is 0 Å². The molecule has 8 heteroatoms. The number of rotatable bonds is 9. The number of guanidine groups is 1. The molecule has 0 aliphatic carbocycles. The summed E-state index contributed by atoms with van der Waals surface area (Å²) in [7, 11) is 3.33. The highest BCUT2D eigenvalue weighted by Crippen LogP contribution is 2.31. The Balaban J connectivity index is 1.60. The van der Waals surface area contributed by atoms with Gasteiger partial charge in [0.1, 0.15) is 11.5 Å². The smallest absolute Gasteiger partial charge is 0.217 e. The largest absolute Gasteiger partial charge is 0.497 e. The Morgan fingerprint density at radius 1 is 1.32 bits per heavy atom. The van der Waals surface area contributed by atoms with Gasteiger partial charge in [-0.05, 0) is 44.6 Å². The Morgan fingerprint density at radius 3 is 2.87 bits per heavy atom. The number of aromatic amines is 1. The molecule has 2 heterocycles. The Bertz CT molecular complexity index is 908. The number of piperidine rings is 1. The minimum absolute atomic E-state index is 0.221. The van der Waals surface area contributed by atoms with E-state index in [4.69, 9.17) is 20.2 Å². The van der Waals surface area contributed by atoms with Gasteiger partial charge < -0.3 is 30.4 Å². The molecule has 1 saturated heterocycles. The predicted molar refractivity (Wildman–Crippen MR) is 124 cm³/mol. The van der Waals surface area contributed by atoms with Gasteiger partial charge in [-0.1, -0.05) is 0 Å². The lowest BCUT2D eigenvalue weighted by Gasteiger charge is -2.34. The molecule has 1 aliphatic heterocycles. The molecule has 0 radical (unpaired) electrons. The number of H-pyrrole nitrogens is 1. The van der Waals surface area contributed by atoms with Crippen molar-refractivity contribution >= 4 is 22.8 Å². The molecule has 1 atom stereocenters. The molecule has 1 aromatic carbocycles. The van der Waals surface area contributed by atoms with Crippen LogP contribution in [0.1, 0.15) is 38.3 Å². The zero-order valence-electron chi connectivity index (χ0n) is 18.9. The molecule has 1 unspecified atom stereocenters. The van der Waals surface area contributed by atoms with Crippen molar-refractivity contribution in [2.24, 2.45) is 16.6 Å². The van der Waals surface area contributed by atoms with E-state index < -0.39 is 0 Å². The van der Waals surface area contributed by atoms with E-state index in [9.17, 15) is 4.79 Å². The van der Waals surface area contributed by atoms with Crippen molar-refractivity contribution in [3.63, 3.8) is 0 Å². The average Bonchev–Trinajstić information content (AvgIpc) is 3.17. The van der Waals surface area contributed by atoms with Gasteiger partial charge >= 0.3 is 0 Å². The van der Waals surface area contributed by atoms with E-state index in [1.165, 1.54) is 0 Å². The van der Waals surface area contributed by atoms with E-state index in [0.717, 1.165) is 85.9 Å². The van der Waals surface area contributed by atoms with Crippen LogP contribution in [0.4, 0.5) is 0 Å². The molecule has 4 N–H and O–H groups in total. The third-order valence-corrected chi connectivity index (χ3v) is 5.69. The molecule has 8 nitrogen and oxygen atoms in total. The fourth-order valence-electron chi connectivity index (χ4n) is 4.25. The Labute approximate surface area is 184 Å². The number of hydrogen-bond acceptors (Lipinski definition) is 4. The number of nitrogens with one attached hydrogen (secondary N) is 2. The third-order valence-electron chi connectivity index (χ3n) is 5.69. The van der Waals surface area contributed by atoms with E-state index in [-0.39, 0.29) is 5.91 Å². The van der Waals surface area contributed by atoms with E-state index in [1.54, 1.807) is 14.2 Å². The number of carbonyl (C=O) groups is 1. The number of ether oxygens (including phenoxy) is 2. The van der Waals surface area contributed by atoms with Crippen LogP contribution in [0, 0.1) is 5.92 Å². The van der Waals surface area contributed by atoms with Crippen molar-refractivity contribution in [1.29, 1.82) is 0 Å². The SMILES string of the molecule is CCNC(=NCCCc1cc2c(OC)cc(OC)cc2[nH]1)N1CCCC(CC(N)=O)C1. The van der Waals surface area contributed by atoms with Crippen molar-refractivity contribution in [1.82, 2.24) is 15.2 Å². The van der Waals surface area contributed by atoms with E-state index in [0.29, 0.717) is 12.3 Å². The second-order valence-electron chi connectivity index (χ2n) is 8.05. The first-order valence-electron chi connectivity index (χ1n) is 11.1. The molecule has 31 heavy (non-hydrogen) atoms. The lowest BCUT2D eigenvalue weighted by molar-refractivity contribution is -0.119. The number of aryl methyl sites for hydroxylation is 1. The number of fused-ring (bicyclic) bond motifs is 1. The summed E-state index contributed by atoms with van der Waals surface area (Å²) in [6.45, 7) is 5.42. The number of methoxy groups -OCH3 is 2. The highest BCUT2D eigenvalue weighted by Gasteiger charge is 2.23. The minimum Gasteiger partial charge on any atom is -0.497 e. The molecular formula is C23H35N5O3. The number of primary amides is 1. The molecule has 0 bridgehead atoms. The van der Waals surface area contributed by atoms with Crippen molar-refractivity contribution < 1.29 is 14.3 Å². The zero-order chi connectivity index (χ0) is 22.2. The highest BCUT2D eigenvalue weighted by molar-refractivity contribution is 5.88. The topological polar surface area (TPSA) is 105 Å². The summed E-state index contributed by atoms with van der Waals surface area (Å²) < 4.78 is 10.9. The summed E-state index contributed by atoms with van der Waals surface area (Å²) in [5.41, 5.74) is 7.56. The summed E-state index contributed by atoms with van der Waals surface area (Å²) in [6, 6.07) is 6.03. The van der Waals surface area contributed by atoms with E-state index in [2.05, 4.69) is 28.2 Å². The second-order valence-corrected chi connectivity index (χ2v) is 8.05. The number of carbonyl (C=O) groups excluding carboxylic acids is 1. The normalized spacial score (nSPS) is 17.1. The minimum atomic E-state index is -0.221. The molecule has 0 saturated carbocycles. The zero-order valence-corrected chi connectivity index (χ0v) is 18.9. The Hall–Kier alpha value is -2.90. The summed E-state index contributed by atoms with van der Waals surface area (Å²) in [4.78, 5) is 21.9. The van der Waals surface area contributed by atoms with Crippen molar-refractivity contribution in [3.8, 4) is 11.5 Å². The van der Waals surface area contributed by atoms with Gasteiger partial charge in [-0.2, -0.15) is 0 Å². The lowest BCUT2D eigenvalue weighted by atomic mass is 9.95. The first-order valence-corrected chi connectivity index (χ1v) is 11.1. The van der Waals surface area contributed by atoms with Gasteiger partial charge in [-0.25, -0.2) is 0 Å². The lowest BCUT2D eigenvalue weighted by Crippen LogP contribution is -2.47. The van der Waals surface area contributed by atoms with Gasteiger partial charge in [-0.3, -0.25) is 9.79 Å². The standard InChI is InChI=1S/C23H35N5O3/c1-4-25-23(28-10-6-7-16(15-28)11-22(24)29)26-9-5-8-17-12-19-20(27-17)13-18(30-2)14-21(19)31-3/h12-14,16,27H,4-11,15H2,1-3H3,(H2,24,29)(H,25,26). The molecule has 170 valence electrons. The van der Waals surface area contributed by atoms with Crippen LogP contribution in [-0.2, 0) is 11.2 Å². The van der Waals surface area contributed by atoms with Crippen LogP contribution in [0.15, 0.2) is 23.2 Å². The summed E-state index contributed by atoms with van der Waals surface area (Å²) >= 11 is 0. The second kappa shape index (κ2) is 10.9. The van der Waals surface area contributed by atoms with Crippen LogP contribution >= 0.6 is 0 Å². The van der Waals surface area contributed by atoms with Crippen molar-refractivity contribution in [2.45, 2.75) is 39.0 Å². The van der Waals surface area contributed by atoms with Gasteiger partial charge in [0, 0.05) is 55.8 Å². The third kappa shape index (κ3) is 6.06. The predicted octanol–water partition coefficient (Wildman–Crippen LogP) is 2.67. The molecule has 1 fully saturated rings. The van der Waals surface area contributed by atoms with Crippen molar-refractivity contribution in [3.05, 3.63) is 23.9 Å². The number of likely N-dealkylation sites (tertiary alicyclic amines) is 1. The molecule has 1 amide bonds. The van der Waals surface area contributed by atoms with Gasteiger partial charge in [0.25, 0.3) is 0 Å². The number of amides is 1. The number of benzene rings is 1. The van der Waals surface area contributed by atoms with Gasteiger partial charge in [0.2, 0.25) is 5.91 Å². The van der Waals surface area contributed by atoms with Crippen LogP contribution in [0.25, 0.3) is 10.9 Å². The molecule has 2 aromatic rings. The Kier molecular flexibility index (Phi) is 8.03. The van der Waals surface area contributed by atoms with Crippen LogP contribution in [0.3, 0.4) is 0 Å². The Morgan fingerprint density at radius 2 is 2.16 bits per heavy atom. The van der Waals surface area contributed by atoms with Gasteiger partial charge in [0.15, 0.2) is 5.96 Å². The number of nitrogens with two attached hydrogens (primary N) is 1. The van der Waals surface area contributed by atoms with Crippen LogP contribution in [0.5, 0.6) is 11.5 Å². The maximum atomic E-state index is 11.3. The number of hydrogen-bond donors (Lipinski definition) is 3. The maximum Gasteiger partial charge on any atom is 0.217 e. The van der Waals surface area contributed by atoms with Gasteiger partial charge in [0.05, 0.1) is 19.7 Å². The monoisotopic (exact) mass is 429 g/mol. The van der Waals surface area contributed by atoms with Crippen LogP contribution in [-0.4, -0.2) is 62.1 Å². The van der Waals surface area contributed by atoms with E-state index in [1.807, 2.05) is 12.1 Å². The van der Waals surface area contributed by atoms with Crippen LogP contribution in [0.2, 0.25) is 0 Å². The summed E-state index contributed by atoms with van der Waals surface area (Å²) in [6.07, 6.45) is 4.38. The number of aliphatic imine (C=N–C) groups is 1. The number of nitrogens with zero attached hydrogens (tertiary/aromatic N) is 2.